The normalized spacial score (nSPS) is 11.2. The van der Waals surface area contributed by atoms with Crippen molar-refractivity contribution in [2.24, 2.45) is 0 Å². The van der Waals surface area contributed by atoms with Gasteiger partial charge in [-0.15, -0.1) is 0 Å². The van der Waals surface area contributed by atoms with Gasteiger partial charge in [-0.05, 0) is 36.1 Å². The minimum Gasteiger partial charge on any atom is -0.360 e. The highest BCUT2D eigenvalue weighted by molar-refractivity contribution is 6.04. The van der Waals surface area contributed by atoms with Crippen molar-refractivity contribution in [2.45, 2.75) is 33.1 Å². The van der Waals surface area contributed by atoms with Crippen LogP contribution in [0.5, 0.6) is 0 Å². The number of hydrogen-bond acceptors (Lipinski definition) is 5. The molecule has 6 nitrogen and oxygen atoms in total. The average Bonchev–Trinajstić information content (AvgIpc) is 2.99. The molecule has 0 fully saturated rings. The molecule has 0 aliphatic rings. The zero-order chi connectivity index (χ0) is 18.7. The van der Waals surface area contributed by atoms with Gasteiger partial charge in [0, 0.05) is 18.0 Å². The van der Waals surface area contributed by atoms with Crippen molar-refractivity contribution in [1.29, 1.82) is 0 Å². The van der Waals surface area contributed by atoms with Crippen molar-refractivity contribution in [2.75, 3.05) is 10.6 Å². The summed E-state index contributed by atoms with van der Waals surface area (Å²) in [6, 6.07) is 11.4. The molecule has 0 saturated carbocycles. The average molecular weight is 350 g/mol. The fourth-order valence-corrected chi connectivity index (χ4v) is 2.46. The highest BCUT2D eigenvalue weighted by atomic mass is 16.5. The summed E-state index contributed by atoms with van der Waals surface area (Å²) < 4.78 is 5.01. The molecule has 1 aromatic carbocycles. The summed E-state index contributed by atoms with van der Waals surface area (Å²) >= 11 is 0. The first-order valence-corrected chi connectivity index (χ1v) is 8.38. The molecule has 3 rings (SSSR count). The Hall–Kier alpha value is -3.15. The van der Waals surface area contributed by atoms with Crippen LogP contribution in [0.2, 0.25) is 0 Å². The van der Waals surface area contributed by atoms with Crippen LogP contribution in [0.4, 0.5) is 17.2 Å². The summed E-state index contributed by atoms with van der Waals surface area (Å²) in [7, 11) is 0. The number of anilines is 3. The zero-order valence-corrected chi connectivity index (χ0v) is 15.3. The van der Waals surface area contributed by atoms with E-state index in [1.165, 1.54) is 11.8 Å². The predicted molar refractivity (Wildman–Crippen MR) is 102 cm³/mol. The van der Waals surface area contributed by atoms with E-state index in [1.807, 2.05) is 31.2 Å². The van der Waals surface area contributed by atoms with Crippen LogP contribution in [0.3, 0.4) is 0 Å². The summed E-state index contributed by atoms with van der Waals surface area (Å²) in [4.78, 5) is 16.6. The summed E-state index contributed by atoms with van der Waals surface area (Å²) in [5.74, 6) is 1.05. The van der Waals surface area contributed by atoms with Gasteiger partial charge in [0.15, 0.2) is 5.82 Å². The van der Waals surface area contributed by atoms with Gasteiger partial charge < -0.3 is 15.2 Å². The lowest BCUT2D eigenvalue weighted by molar-refractivity contribution is 0.102. The van der Waals surface area contributed by atoms with Crippen LogP contribution < -0.4 is 10.6 Å². The number of amides is 1. The Bertz CT molecular complexity index is 908. The summed E-state index contributed by atoms with van der Waals surface area (Å²) in [6.07, 6.45) is 3.15. The van der Waals surface area contributed by atoms with E-state index in [-0.39, 0.29) is 11.3 Å². The van der Waals surface area contributed by atoms with Gasteiger partial charge in [0.25, 0.3) is 5.91 Å². The fraction of sp³-hybridized carbons (Fsp3) is 0.250. The lowest BCUT2D eigenvalue weighted by Gasteiger charge is -2.19. The molecule has 0 aliphatic carbocycles. The van der Waals surface area contributed by atoms with Crippen molar-refractivity contribution >= 4 is 23.1 Å². The van der Waals surface area contributed by atoms with Crippen LogP contribution in [0.15, 0.2) is 53.3 Å². The van der Waals surface area contributed by atoms with E-state index in [4.69, 9.17) is 4.52 Å². The lowest BCUT2D eigenvalue weighted by Crippen LogP contribution is -2.14. The van der Waals surface area contributed by atoms with Gasteiger partial charge in [-0.2, -0.15) is 0 Å². The third kappa shape index (κ3) is 4.27. The number of nitrogens with one attached hydrogen (secondary N) is 2. The first kappa shape index (κ1) is 17.7. The number of aromatic nitrogens is 2. The number of carbonyl (C=O) groups excluding carboxylic acids is 1. The Kier molecular flexibility index (Phi) is 4.75. The molecule has 2 aromatic heterocycles. The van der Waals surface area contributed by atoms with Gasteiger partial charge >= 0.3 is 0 Å². The molecule has 1 amide bonds. The molecule has 2 N–H and O–H groups in total. The molecule has 0 aliphatic heterocycles. The zero-order valence-electron chi connectivity index (χ0n) is 15.3. The molecule has 0 saturated heterocycles. The molecule has 0 unspecified atom stereocenters. The van der Waals surface area contributed by atoms with Crippen LogP contribution in [-0.4, -0.2) is 16.0 Å². The Labute approximate surface area is 152 Å². The van der Waals surface area contributed by atoms with Crippen LogP contribution in [0, 0.1) is 6.92 Å². The maximum atomic E-state index is 12.5. The Morgan fingerprint density at radius 1 is 1.04 bits per heavy atom. The van der Waals surface area contributed by atoms with Gasteiger partial charge in [0.1, 0.15) is 5.76 Å². The second-order valence-corrected chi connectivity index (χ2v) is 7.19. The largest absolute Gasteiger partial charge is 0.360 e. The first-order chi connectivity index (χ1) is 12.3. The highest BCUT2D eigenvalue weighted by Gasteiger charge is 2.14. The van der Waals surface area contributed by atoms with Crippen LogP contribution in [-0.2, 0) is 5.41 Å². The Morgan fingerprint density at radius 3 is 2.38 bits per heavy atom. The van der Waals surface area contributed by atoms with Crippen molar-refractivity contribution in [3.63, 3.8) is 0 Å². The molecule has 0 radical (unpaired) electrons. The van der Waals surface area contributed by atoms with E-state index in [1.54, 1.807) is 18.3 Å². The quantitative estimate of drug-likeness (QED) is 0.714. The maximum Gasteiger partial charge on any atom is 0.257 e. The molecule has 0 atom stereocenters. The molecule has 134 valence electrons. The van der Waals surface area contributed by atoms with Crippen LogP contribution >= 0.6 is 0 Å². The lowest BCUT2D eigenvalue weighted by atomic mass is 9.87. The Morgan fingerprint density at radius 2 is 1.77 bits per heavy atom. The summed E-state index contributed by atoms with van der Waals surface area (Å²) in [5.41, 5.74) is 3.15. The maximum absolute atomic E-state index is 12.5. The second-order valence-electron chi connectivity index (χ2n) is 7.19. The topological polar surface area (TPSA) is 80.0 Å². The van der Waals surface area contributed by atoms with Crippen molar-refractivity contribution in [3.8, 4) is 0 Å². The molecule has 6 heteroatoms. The van der Waals surface area contributed by atoms with E-state index in [9.17, 15) is 4.79 Å². The highest BCUT2D eigenvalue weighted by Crippen LogP contribution is 2.24. The third-order valence-corrected chi connectivity index (χ3v) is 3.91. The van der Waals surface area contributed by atoms with Crippen molar-refractivity contribution < 1.29 is 9.32 Å². The molecule has 3 aromatic rings. The molecule has 2 heterocycles. The molecule has 26 heavy (non-hydrogen) atoms. The number of pyridine rings is 1. The minimum atomic E-state index is -0.221. The van der Waals surface area contributed by atoms with Gasteiger partial charge in [0.05, 0.1) is 17.4 Å². The van der Waals surface area contributed by atoms with E-state index < -0.39 is 0 Å². The molecule has 0 bridgehead atoms. The summed E-state index contributed by atoms with van der Waals surface area (Å²) in [6.45, 7) is 8.27. The molecular formula is C20H22N4O2. The number of nitrogens with zero attached hydrogens (tertiary/aromatic N) is 2. The Balaban J connectivity index is 1.70. The van der Waals surface area contributed by atoms with E-state index >= 15 is 0 Å². The first-order valence-electron chi connectivity index (χ1n) is 8.38. The number of aryl methyl sites for hydroxylation is 1. The van der Waals surface area contributed by atoms with E-state index in [0.29, 0.717) is 22.8 Å². The van der Waals surface area contributed by atoms with Gasteiger partial charge in [-0.25, -0.2) is 0 Å². The number of benzene rings is 1. The second kappa shape index (κ2) is 7.00. The molecule has 0 spiro atoms. The van der Waals surface area contributed by atoms with Gasteiger partial charge in [0.2, 0.25) is 0 Å². The monoisotopic (exact) mass is 350 g/mol. The van der Waals surface area contributed by atoms with E-state index in [0.717, 1.165) is 5.69 Å². The minimum absolute atomic E-state index is 0.0753. The standard InChI is InChI=1S/C20H22N4O2/c1-13-9-18(24-26-13)22-17-10-14(11-21-12-17)19(25)23-16-7-5-15(6-8-16)20(2,3)4/h5-12H,1-4H3,(H,22,24)(H,23,25). The molecular weight excluding hydrogens is 328 g/mol. The van der Waals surface area contributed by atoms with Crippen molar-refractivity contribution in [3.05, 3.63) is 65.7 Å². The van der Waals surface area contributed by atoms with Gasteiger partial charge in [-0.3, -0.25) is 9.78 Å². The predicted octanol–water partition coefficient (Wildman–Crippen LogP) is 4.67. The van der Waals surface area contributed by atoms with Crippen LogP contribution in [0.1, 0.15) is 42.5 Å². The number of hydrogen-bond donors (Lipinski definition) is 2. The van der Waals surface area contributed by atoms with Gasteiger partial charge in [-0.1, -0.05) is 38.1 Å². The summed E-state index contributed by atoms with van der Waals surface area (Å²) in [5, 5.41) is 9.82. The number of rotatable bonds is 4. The number of carbonyl (C=O) groups is 1. The smallest absolute Gasteiger partial charge is 0.257 e. The SMILES string of the molecule is Cc1cc(Nc2cncc(C(=O)Nc3ccc(C(C)(C)C)cc3)c2)no1. The van der Waals surface area contributed by atoms with E-state index in [2.05, 4.69) is 41.5 Å². The van der Waals surface area contributed by atoms with Crippen LogP contribution in [0.25, 0.3) is 0 Å². The fourth-order valence-electron chi connectivity index (χ4n) is 2.46. The third-order valence-electron chi connectivity index (χ3n) is 3.91. The van der Waals surface area contributed by atoms with Crippen molar-refractivity contribution in [1.82, 2.24) is 10.1 Å².